The van der Waals surface area contributed by atoms with Gasteiger partial charge >= 0.3 is 0 Å². The lowest BCUT2D eigenvalue weighted by Crippen LogP contribution is -1.98. The van der Waals surface area contributed by atoms with Gasteiger partial charge in [0.1, 0.15) is 5.82 Å². The van der Waals surface area contributed by atoms with Crippen LogP contribution in [0, 0.1) is 5.82 Å². The van der Waals surface area contributed by atoms with Crippen molar-refractivity contribution in [3.8, 4) is 0 Å². The fourth-order valence-corrected chi connectivity index (χ4v) is 2.84. The first-order valence-electron chi connectivity index (χ1n) is 4.57. The molecule has 1 aromatic carbocycles. The summed E-state index contributed by atoms with van der Waals surface area (Å²) in [5.41, 5.74) is 0.617. The smallest absolute Gasteiger partial charge is 0.125 e. The molecule has 1 N–H and O–H groups in total. The predicted octanol–water partition coefficient (Wildman–Crippen LogP) is 4.92. The lowest BCUT2D eigenvalue weighted by atomic mass is 10.3. The number of rotatable bonds is 3. The van der Waals surface area contributed by atoms with Gasteiger partial charge in [-0.15, -0.1) is 11.3 Å². The lowest BCUT2D eigenvalue weighted by Gasteiger charge is -2.06. The molecule has 0 unspecified atom stereocenters. The molecule has 0 aliphatic rings. The molecule has 1 nitrogen and oxygen atoms in total. The quantitative estimate of drug-likeness (QED) is 0.847. The monoisotopic (exact) mass is 319 g/mol. The fourth-order valence-electron chi connectivity index (χ4n) is 1.26. The Balaban J connectivity index is 2.07. The molecule has 0 saturated carbocycles. The summed E-state index contributed by atoms with van der Waals surface area (Å²) < 4.78 is 14.0. The van der Waals surface area contributed by atoms with Crippen LogP contribution < -0.4 is 5.32 Å². The van der Waals surface area contributed by atoms with Gasteiger partial charge in [0.25, 0.3) is 0 Å². The van der Waals surface area contributed by atoms with Gasteiger partial charge in [-0.25, -0.2) is 4.39 Å². The number of nitrogens with one attached hydrogen (secondary N) is 1. The van der Waals surface area contributed by atoms with E-state index < -0.39 is 0 Å². The van der Waals surface area contributed by atoms with E-state index in [9.17, 15) is 4.39 Å². The molecule has 0 spiro atoms. The van der Waals surface area contributed by atoms with Gasteiger partial charge in [0.05, 0.1) is 10.7 Å². The molecule has 0 amide bonds. The summed E-state index contributed by atoms with van der Waals surface area (Å²) in [7, 11) is 0. The molecule has 0 bridgehead atoms. The molecule has 2 aromatic rings. The molecule has 0 saturated heterocycles. The van der Waals surface area contributed by atoms with Crippen LogP contribution in [0.25, 0.3) is 0 Å². The van der Waals surface area contributed by atoms with Gasteiger partial charge in [-0.1, -0.05) is 11.6 Å². The second-order valence-electron chi connectivity index (χ2n) is 3.21. The maximum Gasteiger partial charge on any atom is 0.125 e. The fraction of sp³-hybridized carbons (Fsp3) is 0.0909. The molecular weight excluding hydrogens is 313 g/mol. The van der Waals surface area contributed by atoms with Crippen LogP contribution in [0.2, 0.25) is 5.02 Å². The van der Waals surface area contributed by atoms with E-state index in [1.807, 2.05) is 11.4 Å². The summed E-state index contributed by atoms with van der Waals surface area (Å²) in [6, 6.07) is 6.30. The number of thiophene rings is 1. The molecule has 1 aromatic heterocycles. The van der Waals surface area contributed by atoms with E-state index in [0.29, 0.717) is 17.3 Å². The number of hydrogen-bond donors (Lipinski definition) is 1. The van der Waals surface area contributed by atoms with E-state index in [-0.39, 0.29) is 5.82 Å². The third-order valence-electron chi connectivity index (χ3n) is 2.00. The Morgan fingerprint density at radius 3 is 2.88 bits per heavy atom. The second kappa shape index (κ2) is 5.17. The Kier molecular flexibility index (Phi) is 3.84. The maximum absolute atomic E-state index is 13.0. The summed E-state index contributed by atoms with van der Waals surface area (Å²) in [5, 5.41) is 5.63. The van der Waals surface area contributed by atoms with Crippen molar-refractivity contribution in [1.82, 2.24) is 0 Å². The van der Waals surface area contributed by atoms with Gasteiger partial charge < -0.3 is 5.32 Å². The van der Waals surface area contributed by atoms with Crippen molar-refractivity contribution in [3.63, 3.8) is 0 Å². The Hall–Kier alpha value is -0.580. The molecule has 0 aliphatic carbocycles. The van der Waals surface area contributed by atoms with Crippen LogP contribution in [-0.2, 0) is 6.54 Å². The SMILES string of the molecule is Fc1ccc(Cl)c(NCc2cc(Br)cs2)c1. The molecule has 16 heavy (non-hydrogen) atoms. The topological polar surface area (TPSA) is 12.0 Å². The minimum absolute atomic E-state index is 0.292. The van der Waals surface area contributed by atoms with Crippen LogP contribution in [0.15, 0.2) is 34.1 Å². The third kappa shape index (κ3) is 2.97. The van der Waals surface area contributed by atoms with Crippen molar-refractivity contribution in [2.24, 2.45) is 0 Å². The van der Waals surface area contributed by atoms with Crippen LogP contribution in [0.4, 0.5) is 10.1 Å². The first-order valence-corrected chi connectivity index (χ1v) is 6.62. The van der Waals surface area contributed by atoms with E-state index in [1.54, 1.807) is 17.4 Å². The van der Waals surface area contributed by atoms with Crippen LogP contribution in [0.3, 0.4) is 0 Å². The van der Waals surface area contributed by atoms with Gasteiger partial charge in [0.15, 0.2) is 0 Å². The summed E-state index contributed by atoms with van der Waals surface area (Å²) >= 11 is 10.9. The molecule has 5 heteroatoms. The Bertz CT molecular complexity index is 500. The Labute approximate surface area is 110 Å². The Morgan fingerprint density at radius 1 is 1.38 bits per heavy atom. The molecular formula is C11H8BrClFNS. The minimum atomic E-state index is -0.292. The summed E-state index contributed by atoms with van der Waals surface area (Å²) in [5.74, 6) is -0.292. The van der Waals surface area contributed by atoms with Crippen molar-refractivity contribution in [2.45, 2.75) is 6.54 Å². The van der Waals surface area contributed by atoms with E-state index in [4.69, 9.17) is 11.6 Å². The van der Waals surface area contributed by atoms with E-state index >= 15 is 0 Å². The normalized spacial score (nSPS) is 10.4. The second-order valence-corrected chi connectivity index (χ2v) is 5.53. The highest BCUT2D eigenvalue weighted by molar-refractivity contribution is 9.10. The standard InChI is InChI=1S/C11H8BrClFNS/c12-7-3-9(16-6-7)5-15-11-4-8(14)1-2-10(11)13/h1-4,6,15H,5H2. The van der Waals surface area contributed by atoms with Gasteiger partial charge in [-0.3, -0.25) is 0 Å². The van der Waals surface area contributed by atoms with E-state index in [1.165, 1.54) is 12.1 Å². The van der Waals surface area contributed by atoms with Gasteiger partial charge in [0.2, 0.25) is 0 Å². The average molecular weight is 321 g/mol. The highest BCUT2D eigenvalue weighted by Crippen LogP contribution is 2.25. The largest absolute Gasteiger partial charge is 0.379 e. The number of halogens is 3. The van der Waals surface area contributed by atoms with Crippen LogP contribution in [-0.4, -0.2) is 0 Å². The van der Waals surface area contributed by atoms with Gasteiger partial charge in [-0.05, 0) is 40.2 Å². The number of anilines is 1. The zero-order valence-corrected chi connectivity index (χ0v) is 11.3. The lowest BCUT2D eigenvalue weighted by molar-refractivity contribution is 0.628. The van der Waals surface area contributed by atoms with Crippen molar-refractivity contribution in [1.29, 1.82) is 0 Å². The molecule has 1 heterocycles. The summed E-state index contributed by atoms with van der Waals surface area (Å²) in [4.78, 5) is 1.16. The van der Waals surface area contributed by atoms with Crippen LogP contribution in [0.5, 0.6) is 0 Å². The molecule has 2 rings (SSSR count). The highest BCUT2D eigenvalue weighted by Gasteiger charge is 2.03. The van der Waals surface area contributed by atoms with E-state index in [2.05, 4.69) is 21.2 Å². The molecule has 0 atom stereocenters. The first-order chi connectivity index (χ1) is 7.65. The van der Waals surface area contributed by atoms with E-state index in [0.717, 1.165) is 9.35 Å². The zero-order chi connectivity index (χ0) is 11.5. The maximum atomic E-state index is 13.0. The number of benzene rings is 1. The van der Waals surface area contributed by atoms with Crippen LogP contribution in [0.1, 0.15) is 4.88 Å². The molecule has 0 aliphatic heterocycles. The number of hydrogen-bond acceptors (Lipinski definition) is 2. The highest BCUT2D eigenvalue weighted by atomic mass is 79.9. The zero-order valence-electron chi connectivity index (χ0n) is 8.14. The van der Waals surface area contributed by atoms with Crippen molar-refractivity contribution >= 4 is 44.6 Å². The van der Waals surface area contributed by atoms with Gasteiger partial charge in [-0.2, -0.15) is 0 Å². The van der Waals surface area contributed by atoms with Crippen molar-refractivity contribution in [2.75, 3.05) is 5.32 Å². The minimum Gasteiger partial charge on any atom is -0.379 e. The third-order valence-corrected chi connectivity index (χ3v) is 4.03. The summed E-state index contributed by atoms with van der Waals surface area (Å²) in [6.45, 7) is 0.638. The first kappa shape index (κ1) is 11.9. The predicted molar refractivity (Wildman–Crippen MR) is 70.8 cm³/mol. The van der Waals surface area contributed by atoms with Gasteiger partial charge in [0, 0.05) is 21.3 Å². The molecule has 0 radical (unpaired) electrons. The summed E-state index contributed by atoms with van der Waals surface area (Å²) in [6.07, 6.45) is 0. The molecule has 84 valence electrons. The van der Waals surface area contributed by atoms with Crippen molar-refractivity contribution < 1.29 is 4.39 Å². The van der Waals surface area contributed by atoms with Crippen molar-refractivity contribution in [3.05, 3.63) is 49.8 Å². The molecule has 0 fully saturated rings. The Morgan fingerprint density at radius 2 is 2.19 bits per heavy atom. The van der Waals surface area contributed by atoms with Crippen LogP contribution >= 0.6 is 38.9 Å². The average Bonchev–Trinajstić information content (AvgIpc) is 2.66.